The van der Waals surface area contributed by atoms with Gasteiger partial charge in [-0.3, -0.25) is 14.5 Å². The zero-order valence-corrected chi connectivity index (χ0v) is 19.8. The van der Waals surface area contributed by atoms with Crippen molar-refractivity contribution in [2.24, 2.45) is 0 Å². The van der Waals surface area contributed by atoms with Crippen LogP contribution in [0.3, 0.4) is 0 Å². The summed E-state index contributed by atoms with van der Waals surface area (Å²) >= 11 is 0. The Labute approximate surface area is 199 Å². The molecular weight excluding hydrogens is 456 g/mol. The number of hydrogen-bond acceptors (Lipinski definition) is 5. The predicted octanol–water partition coefficient (Wildman–Crippen LogP) is 2.66. The lowest BCUT2D eigenvalue weighted by Gasteiger charge is -2.26. The molecule has 180 valence electrons. The molecule has 0 aromatic heterocycles. The number of hydrogen-bond donors (Lipinski definition) is 2. The summed E-state index contributed by atoms with van der Waals surface area (Å²) in [6.07, 6.45) is 2.98. The van der Waals surface area contributed by atoms with Crippen molar-refractivity contribution in [1.29, 1.82) is 0 Å². The molecule has 2 heterocycles. The lowest BCUT2D eigenvalue weighted by atomic mass is 9.87. The van der Waals surface area contributed by atoms with E-state index in [0.29, 0.717) is 25.1 Å². The molecule has 0 radical (unpaired) electrons. The van der Waals surface area contributed by atoms with Crippen LogP contribution < -0.4 is 10.6 Å². The number of rotatable bonds is 7. The molecule has 2 aromatic rings. The Morgan fingerprint density at radius 1 is 1.03 bits per heavy atom. The number of carbonyl (C=O) groups excluding carboxylic acids is 3. The van der Waals surface area contributed by atoms with E-state index in [1.165, 1.54) is 16.4 Å². The van der Waals surface area contributed by atoms with E-state index in [4.69, 9.17) is 0 Å². The van der Waals surface area contributed by atoms with Crippen molar-refractivity contribution in [3.05, 3.63) is 60.2 Å². The van der Waals surface area contributed by atoms with Crippen LogP contribution in [0.4, 0.5) is 10.5 Å². The van der Waals surface area contributed by atoms with Gasteiger partial charge in [0.05, 0.1) is 4.90 Å². The van der Waals surface area contributed by atoms with Crippen LogP contribution in [-0.4, -0.2) is 55.1 Å². The SMILES string of the molecule is CCC1(c2ccccc2)NC(=O)N(CC(=O)Nc2cccc(S(=O)(=O)N3CCCCC3)c2)C1=O. The van der Waals surface area contributed by atoms with Gasteiger partial charge in [0.15, 0.2) is 0 Å². The van der Waals surface area contributed by atoms with Crippen molar-refractivity contribution in [2.45, 2.75) is 43.0 Å². The van der Waals surface area contributed by atoms with E-state index >= 15 is 0 Å². The largest absolute Gasteiger partial charge is 0.325 e. The fraction of sp³-hybridized carbons (Fsp3) is 0.375. The molecular formula is C24H28N4O5S. The summed E-state index contributed by atoms with van der Waals surface area (Å²) in [5.41, 5.74) is -0.296. The summed E-state index contributed by atoms with van der Waals surface area (Å²) in [6, 6.07) is 14.3. The smallest absolute Gasteiger partial charge is 0.324 e. The van der Waals surface area contributed by atoms with Crippen molar-refractivity contribution >= 4 is 33.6 Å². The number of benzene rings is 2. The van der Waals surface area contributed by atoms with E-state index in [1.807, 2.05) is 6.07 Å². The van der Waals surface area contributed by atoms with Gasteiger partial charge in [-0.1, -0.05) is 49.7 Å². The van der Waals surface area contributed by atoms with Crippen LogP contribution in [0.15, 0.2) is 59.5 Å². The average Bonchev–Trinajstić information content (AvgIpc) is 3.10. The third-order valence-corrected chi connectivity index (χ3v) is 8.24. The minimum atomic E-state index is -3.66. The summed E-state index contributed by atoms with van der Waals surface area (Å²) in [5, 5.41) is 5.36. The number of carbonyl (C=O) groups is 3. The monoisotopic (exact) mass is 484 g/mol. The number of nitrogens with zero attached hydrogens (tertiary/aromatic N) is 2. The Morgan fingerprint density at radius 2 is 1.74 bits per heavy atom. The number of imide groups is 1. The molecule has 10 heteroatoms. The average molecular weight is 485 g/mol. The highest BCUT2D eigenvalue weighted by atomic mass is 32.2. The van der Waals surface area contributed by atoms with Gasteiger partial charge >= 0.3 is 6.03 Å². The van der Waals surface area contributed by atoms with E-state index in [9.17, 15) is 22.8 Å². The maximum absolute atomic E-state index is 13.2. The first kappa shape index (κ1) is 23.9. The lowest BCUT2D eigenvalue weighted by molar-refractivity contribution is -0.134. The Morgan fingerprint density at radius 3 is 2.41 bits per heavy atom. The van der Waals surface area contributed by atoms with E-state index in [1.54, 1.807) is 43.3 Å². The number of urea groups is 1. The molecule has 2 saturated heterocycles. The van der Waals surface area contributed by atoms with Gasteiger partial charge < -0.3 is 10.6 Å². The summed E-state index contributed by atoms with van der Waals surface area (Å²) in [6.45, 7) is 2.27. The number of sulfonamides is 1. The first-order chi connectivity index (χ1) is 16.3. The zero-order chi connectivity index (χ0) is 24.3. The number of anilines is 1. The Kier molecular flexibility index (Phi) is 6.72. The summed E-state index contributed by atoms with van der Waals surface area (Å²) in [4.78, 5) is 39.5. The fourth-order valence-corrected chi connectivity index (χ4v) is 6.03. The van der Waals surface area contributed by atoms with E-state index in [2.05, 4.69) is 10.6 Å². The third kappa shape index (κ3) is 4.43. The highest BCUT2D eigenvalue weighted by molar-refractivity contribution is 7.89. The molecule has 1 atom stereocenters. The second kappa shape index (κ2) is 9.55. The first-order valence-electron chi connectivity index (χ1n) is 11.4. The minimum Gasteiger partial charge on any atom is -0.324 e. The normalized spacial score (nSPS) is 21.4. The molecule has 9 nitrogen and oxygen atoms in total. The van der Waals surface area contributed by atoms with Crippen LogP contribution in [0.1, 0.15) is 38.2 Å². The summed E-state index contributed by atoms with van der Waals surface area (Å²) < 4.78 is 27.3. The molecule has 0 bridgehead atoms. The molecule has 0 aliphatic carbocycles. The van der Waals surface area contributed by atoms with Crippen LogP contribution in [0.2, 0.25) is 0 Å². The molecule has 0 spiro atoms. The quantitative estimate of drug-likeness (QED) is 0.586. The van der Waals surface area contributed by atoms with Crippen LogP contribution in [0.5, 0.6) is 0 Å². The summed E-state index contributed by atoms with van der Waals surface area (Å²) in [7, 11) is -3.66. The van der Waals surface area contributed by atoms with Crippen molar-refractivity contribution in [3.63, 3.8) is 0 Å². The van der Waals surface area contributed by atoms with Crippen molar-refractivity contribution in [3.8, 4) is 0 Å². The van der Waals surface area contributed by atoms with E-state index in [-0.39, 0.29) is 10.6 Å². The van der Waals surface area contributed by atoms with Gasteiger partial charge in [0.1, 0.15) is 12.1 Å². The van der Waals surface area contributed by atoms with Crippen molar-refractivity contribution in [1.82, 2.24) is 14.5 Å². The van der Waals surface area contributed by atoms with Gasteiger partial charge in [0, 0.05) is 18.8 Å². The van der Waals surface area contributed by atoms with Gasteiger partial charge in [0.25, 0.3) is 5.91 Å². The molecule has 2 fully saturated rings. The van der Waals surface area contributed by atoms with Gasteiger partial charge in [-0.05, 0) is 43.0 Å². The molecule has 0 saturated carbocycles. The van der Waals surface area contributed by atoms with Gasteiger partial charge in [-0.25, -0.2) is 13.2 Å². The number of piperidine rings is 1. The standard InChI is InChI=1S/C24H28N4O5S/c1-2-24(18-10-5-3-6-11-18)22(30)28(23(31)26-24)17-21(29)25-19-12-9-13-20(16-19)34(32,33)27-14-7-4-8-15-27/h3,5-6,9-13,16H,2,4,7-8,14-15,17H2,1H3,(H,25,29)(H,26,31). The molecule has 1 unspecified atom stereocenters. The second-order valence-corrected chi connectivity index (χ2v) is 10.4. The van der Waals surface area contributed by atoms with Crippen LogP contribution in [0, 0.1) is 0 Å². The third-order valence-electron chi connectivity index (χ3n) is 6.34. The van der Waals surface area contributed by atoms with E-state index < -0.39 is 40.0 Å². The zero-order valence-electron chi connectivity index (χ0n) is 19.0. The first-order valence-corrected chi connectivity index (χ1v) is 12.8. The highest BCUT2D eigenvalue weighted by Gasteiger charge is 2.51. The fourth-order valence-electron chi connectivity index (χ4n) is 4.46. The van der Waals surface area contributed by atoms with Crippen LogP contribution in [0.25, 0.3) is 0 Å². The second-order valence-electron chi connectivity index (χ2n) is 8.49. The Hall–Kier alpha value is -3.24. The topological polar surface area (TPSA) is 116 Å². The minimum absolute atomic E-state index is 0.0938. The molecule has 2 N–H and O–H groups in total. The van der Waals surface area contributed by atoms with Crippen LogP contribution in [-0.2, 0) is 25.2 Å². The van der Waals surface area contributed by atoms with Crippen molar-refractivity contribution in [2.75, 3.05) is 25.0 Å². The molecule has 2 aromatic carbocycles. The molecule has 4 rings (SSSR count). The number of nitrogens with one attached hydrogen (secondary N) is 2. The summed E-state index contributed by atoms with van der Waals surface area (Å²) in [5.74, 6) is -1.10. The number of amides is 4. The van der Waals surface area contributed by atoms with Gasteiger partial charge in [0.2, 0.25) is 15.9 Å². The molecule has 4 amide bonds. The highest BCUT2D eigenvalue weighted by Crippen LogP contribution is 2.32. The maximum Gasteiger partial charge on any atom is 0.325 e. The lowest BCUT2D eigenvalue weighted by Crippen LogP contribution is -2.44. The Balaban J connectivity index is 1.47. The van der Waals surface area contributed by atoms with Crippen molar-refractivity contribution < 1.29 is 22.8 Å². The van der Waals surface area contributed by atoms with Gasteiger partial charge in [-0.15, -0.1) is 0 Å². The molecule has 34 heavy (non-hydrogen) atoms. The molecule has 2 aliphatic rings. The maximum atomic E-state index is 13.2. The Bertz CT molecular complexity index is 1190. The van der Waals surface area contributed by atoms with E-state index in [0.717, 1.165) is 24.2 Å². The predicted molar refractivity (Wildman–Crippen MR) is 126 cm³/mol. The molecule has 2 aliphatic heterocycles. The van der Waals surface area contributed by atoms with Crippen LogP contribution >= 0.6 is 0 Å². The van der Waals surface area contributed by atoms with Gasteiger partial charge in [-0.2, -0.15) is 4.31 Å².